The smallest absolute Gasteiger partial charge is 0.790 e. The van der Waals surface area contributed by atoms with Crippen molar-refractivity contribution in [2.45, 2.75) is 12.2 Å². The second kappa shape index (κ2) is 17.9. The molecular formula is C14H26O6S2Zn. The summed E-state index contributed by atoms with van der Waals surface area (Å²) in [5.74, 6) is 1.32. The first kappa shape index (κ1) is 24.1. The molecule has 9 heteroatoms. The van der Waals surface area contributed by atoms with Crippen LogP contribution in [0, 0.1) is 0 Å². The van der Waals surface area contributed by atoms with Gasteiger partial charge in [0.1, 0.15) is 12.2 Å². The first-order valence-corrected chi connectivity index (χ1v) is 8.72. The minimum atomic E-state index is 0. The first-order chi connectivity index (χ1) is 10.9. The third-order valence-corrected chi connectivity index (χ3v) is 2.94. The maximum Gasteiger partial charge on any atom is 2.00 e. The fraction of sp³-hybridized carbons (Fsp3) is 1.00. The van der Waals surface area contributed by atoms with Gasteiger partial charge in [0, 0.05) is 13.2 Å². The minimum absolute atomic E-state index is 0. The van der Waals surface area contributed by atoms with E-state index in [-0.39, 0.29) is 19.5 Å². The zero-order chi connectivity index (χ0) is 15.9. The molecule has 2 rings (SSSR count). The van der Waals surface area contributed by atoms with Crippen molar-refractivity contribution in [1.29, 1.82) is 0 Å². The summed E-state index contributed by atoms with van der Waals surface area (Å²) < 4.78 is 30.6. The van der Waals surface area contributed by atoms with E-state index in [1.54, 1.807) is 0 Å². The Balaban J connectivity index is 0.000000403. The van der Waals surface area contributed by atoms with Crippen molar-refractivity contribution >= 4 is 25.3 Å². The number of epoxide rings is 2. The Labute approximate surface area is 162 Å². The van der Waals surface area contributed by atoms with Gasteiger partial charge in [-0.1, -0.05) is 0 Å². The molecule has 0 bridgehead atoms. The molecule has 132 valence electrons. The summed E-state index contributed by atoms with van der Waals surface area (Å²) in [6.45, 7) is 7.00. The summed E-state index contributed by atoms with van der Waals surface area (Å²) in [5.41, 5.74) is 0. The maximum atomic E-state index is 5.22. The van der Waals surface area contributed by atoms with E-state index in [9.17, 15) is 0 Å². The van der Waals surface area contributed by atoms with Crippen LogP contribution in [0.25, 0.3) is 0 Å². The molecular weight excluding hydrogens is 394 g/mol. The Kier molecular flexibility index (Phi) is 18.7. The van der Waals surface area contributed by atoms with Crippen molar-refractivity contribution in [3.8, 4) is 0 Å². The van der Waals surface area contributed by atoms with Gasteiger partial charge in [-0.3, -0.25) is 0 Å². The van der Waals surface area contributed by atoms with Crippen LogP contribution < -0.4 is 0 Å². The molecule has 0 radical (unpaired) electrons. The van der Waals surface area contributed by atoms with Gasteiger partial charge in [-0.05, 0) is 0 Å². The molecule has 2 unspecified atom stereocenters. The average molecular weight is 420 g/mol. The van der Waals surface area contributed by atoms with Crippen LogP contribution in [0.2, 0.25) is 0 Å². The van der Waals surface area contributed by atoms with Gasteiger partial charge < -0.3 is 53.7 Å². The van der Waals surface area contributed by atoms with Crippen molar-refractivity contribution in [3.05, 3.63) is 0 Å². The van der Waals surface area contributed by atoms with E-state index in [4.69, 9.17) is 53.7 Å². The topological polar surface area (TPSA) is 62.0 Å². The van der Waals surface area contributed by atoms with Crippen LogP contribution in [-0.2, 0) is 73.2 Å². The average Bonchev–Trinajstić information content (AvgIpc) is 3.41. The quantitative estimate of drug-likeness (QED) is 0.168. The summed E-state index contributed by atoms with van der Waals surface area (Å²) in [6.07, 6.45) is 0.711. The van der Waals surface area contributed by atoms with E-state index < -0.39 is 0 Å². The van der Waals surface area contributed by atoms with Crippen LogP contribution in [0.1, 0.15) is 0 Å². The Bertz CT molecular complexity index is 221. The Morgan fingerprint density at radius 1 is 0.652 bits per heavy atom. The van der Waals surface area contributed by atoms with Gasteiger partial charge in [0.25, 0.3) is 0 Å². The van der Waals surface area contributed by atoms with E-state index in [0.29, 0.717) is 76.6 Å². The molecule has 2 fully saturated rings. The summed E-state index contributed by atoms with van der Waals surface area (Å²) >= 11 is 9.39. The number of ether oxygens (including phenoxy) is 6. The predicted molar refractivity (Wildman–Crippen MR) is 87.2 cm³/mol. The van der Waals surface area contributed by atoms with Crippen LogP contribution in [0.3, 0.4) is 0 Å². The van der Waals surface area contributed by atoms with E-state index in [1.807, 2.05) is 0 Å². The molecule has 0 aromatic carbocycles. The minimum Gasteiger partial charge on any atom is -0.790 e. The maximum absolute atomic E-state index is 5.22. The normalized spacial score (nSPS) is 21.1. The van der Waals surface area contributed by atoms with Gasteiger partial charge in [-0.15, -0.1) is 0 Å². The summed E-state index contributed by atoms with van der Waals surface area (Å²) in [7, 11) is 0. The molecule has 6 nitrogen and oxygen atoms in total. The van der Waals surface area contributed by atoms with E-state index in [1.165, 1.54) is 0 Å². The van der Waals surface area contributed by atoms with Crippen molar-refractivity contribution < 1.29 is 47.9 Å². The molecule has 0 aromatic heterocycles. The van der Waals surface area contributed by atoms with Gasteiger partial charge in [0.05, 0.1) is 52.9 Å². The molecule has 2 aliphatic rings. The Morgan fingerprint density at radius 2 is 1.00 bits per heavy atom. The molecule has 0 amide bonds. The van der Waals surface area contributed by atoms with Gasteiger partial charge in [0.15, 0.2) is 0 Å². The predicted octanol–water partition coefficient (Wildman–Crippen LogP) is -0.0719. The molecule has 0 aliphatic carbocycles. The second-order valence-corrected chi connectivity index (χ2v) is 5.51. The van der Waals surface area contributed by atoms with Gasteiger partial charge >= 0.3 is 19.5 Å². The summed E-state index contributed by atoms with van der Waals surface area (Å²) in [5, 5.41) is 0. The van der Waals surface area contributed by atoms with Gasteiger partial charge in [-0.25, -0.2) is 0 Å². The molecule has 0 N–H and O–H groups in total. The van der Waals surface area contributed by atoms with Crippen LogP contribution in [0.4, 0.5) is 0 Å². The number of hydrogen-bond acceptors (Lipinski definition) is 8. The van der Waals surface area contributed by atoms with Crippen molar-refractivity contribution in [2.24, 2.45) is 0 Å². The van der Waals surface area contributed by atoms with E-state index in [0.717, 1.165) is 13.2 Å². The monoisotopic (exact) mass is 418 g/mol. The Hall–Kier alpha value is 1.08. The van der Waals surface area contributed by atoms with Crippen molar-refractivity contribution in [3.63, 3.8) is 0 Å². The van der Waals surface area contributed by atoms with Crippen LogP contribution in [0.15, 0.2) is 0 Å². The first-order valence-electron chi connectivity index (χ1n) is 7.57. The summed E-state index contributed by atoms with van der Waals surface area (Å²) in [4.78, 5) is 0. The third kappa shape index (κ3) is 19.3. The molecule has 2 aliphatic heterocycles. The fourth-order valence-corrected chi connectivity index (χ4v) is 1.55. The molecule has 23 heavy (non-hydrogen) atoms. The molecule has 0 aromatic rings. The molecule has 0 spiro atoms. The number of hydrogen-bond donors (Lipinski definition) is 0. The zero-order valence-corrected chi connectivity index (χ0v) is 18.2. The molecule has 2 saturated heterocycles. The standard InChI is InChI=1S/2C7H14O3S.Zn/c2*11-4-3-8-1-2-9-5-7-6-10-7;/h2*7,11H,1-6H2;/q;;+2/p-2. The van der Waals surface area contributed by atoms with E-state index >= 15 is 0 Å². The zero-order valence-electron chi connectivity index (χ0n) is 13.6. The van der Waals surface area contributed by atoms with Crippen LogP contribution >= 0.6 is 0 Å². The van der Waals surface area contributed by atoms with Crippen molar-refractivity contribution in [2.75, 3.05) is 77.6 Å². The van der Waals surface area contributed by atoms with Gasteiger partial charge in [-0.2, -0.15) is 11.5 Å². The third-order valence-electron chi connectivity index (χ3n) is 2.61. The summed E-state index contributed by atoms with van der Waals surface area (Å²) in [6, 6.07) is 0. The van der Waals surface area contributed by atoms with E-state index in [2.05, 4.69) is 0 Å². The Morgan fingerprint density at radius 3 is 1.30 bits per heavy atom. The SMILES string of the molecule is [S-]CCOCCOCC1CO1.[S-]CCOCCOCC1CO1.[Zn+2]. The molecule has 0 saturated carbocycles. The number of rotatable bonds is 14. The van der Waals surface area contributed by atoms with Crippen molar-refractivity contribution in [1.82, 2.24) is 0 Å². The largest absolute Gasteiger partial charge is 2.00 e. The fourth-order valence-electron chi connectivity index (χ4n) is 1.32. The van der Waals surface area contributed by atoms with Crippen LogP contribution in [-0.4, -0.2) is 89.8 Å². The second-order valence-electron chi connectivity index (χ2n) is 4.69. The molecule has 2 heterocycles. The van der Waals surface area contributed by atoms with Gasteiger partial charge in [0.2, 0.25) is 0 Å². The van der Waals surface area contributed by atoms with Crippen LogP contribution in [0.5, 0.6) is 0 Å². The molecule has 2 atom stereocenters.